The lowest BCUT2D eigenvalue weighted by atomic mass is 9.71. The number of nitrogens with two attached hydrogens (primary N) is 1. The van der Waals surface area contributed by atoms with Crippen LogP contribution in [0.15, 0.2) is 22.7 Å². The minimum atomic E-state index is -0.235. The van der Waals surface area contributed by atoms with Gasteiger partial charge in [-0.05, 0) is 58.8 Å². The Morgan fingerprint density at radius 2 is 2.25 bits per heavy atom. The first-order valence-electron chi connectivity index (χ1n) is 7.39. The van der Waals surface area contributed by atoms with Gasteiger partial charge in [0, 0.05) is 17.8 Å². The minimum Gasteiger partial charge on any atom is -0.378 e. The summed E-state index contributed by atoms with van der Waals surface area (Å²) in [6.45, 7) is 5.18. The topological polar surface area (TPSA) is 38.0 Å². The maximum absolute atomic E-state index is 13.3. The van der Waals surface area contributed by atoms with Crippen LogP contribution < -0.4 is 11.1 Å². The molecule has 3 N–H and O–H groups in total. The van der Waals surface area contributed by atoms with Crippen molar-refractivity contribution in [2.45, 2.75) is 45.1 Å². The summed E-state index contributed by atoms with van der Waals surface area (Å²) in [5, 5.41) is 3.58. The van der Waals surface area contributed by atoms with Crippen molar-refractivity contribution in [1.29, 1.82) is 0 Å². The first-order chi connectivity index (χ1) is 9.46. The highest BCUT2D eigenvalue weighted by Crippen LogP contribution is 2.38. The Morgan fingerprint density at radius 1 is 1.50 bits per heavy atom. The van der Waals surface area contributed by atoms with E-state index in [-0.39, 0.29) is 11.4 Å². The molecule has 0 amide bonds. The molecule has 0 radical (unpaired) electrons. The van der Waals surface area contributed by atoms with Gasteiger partial charge in [-0.25, -0.2) is 4.39 Å². The third-order valence-electron chi connectivity index (χ3n) is 4.55. The summed E-state index contributed by atoms with van der Waals surface area (Å²) in [4.78, 5) is 0. The van der Waals surface area contributed by atoms with Crippen molar-refractivity contribution in [2.75, 3.05) is 11.9 Å². The molecule has 0 spiro atoms. The normalized spacial score (nSPS) is 26.8. The average molecular weight is 343 g/mol. The van der Waals surface area contributed by atoms with Gasteiger partial charge in [-0.2, -0.15) is 0 Å². The van der Waals surface area contributed by atoms with Gasteiger partial charge in [0.2, 0.25) is 0 Å². The van der Waals surface area contributed by atoms with Crippen LogP contribution in [0.2, 0.25) is 0 Å². The predicted molar refractivity (Wildman–Crippen MR) is 86.3 cm³/mol. The fourth-order valence-electron chi connectivity index (χ4n) is 3.21. The van der Waals surface area contributed by atoms with Gasteiger partial charge in [-0.1, -0.05) is 26.7 Å². The van der Waals surface area contributed by atoms with Gasteiger partial charge >= 0.3 is 0 Å². The van der Waals surface area contributed by atoms with Crippen molar-refractivity contribution < 1.29 is 4.39 Å². The molecular formula is C16H24BrFN2. The van der Waals surface area contributed by atoms with Crippen molar-refractivity contribution in [1.82, 2.24) is 0 Å². The second-order valence-corrected chi connectivity index (χ2v) is 7.19. The molecule has 1 aliphatic carbocycles. The van der Waals surface area contributed by atoms with Crippen LogP contribution in [0.5, 0.6) is 0 Å². The lowest BCUT2D eigenvalue weighted by Crippen LogP contribution is -2.49. The van der Waals surface area contributed by atoms with Gasteiger partial charge in [0.05, 0.1) is 4.47 Å². The predicted octanol–water partition coefficient (Wildman–Crippen LogP) is 4.54. The maximum Gasteiger partial charge on any atom is 0.137 e. The van der Waals surface area contributed by atoms with Crippen molar-refractivity contribution >= 4 is 21.6 Å². The van der Waals surface area contributed by atoms with Crippen LogP contribution in [0.4, 0.5) is 10.1 Å². The SMILES string of the molecule is CC(C)C1CCCC(CN)(Nc2ccc(F)c(Br)c2)C1. The molecule has 1 fully saturated rings. The van der Waals surface area contributed by atoms with Gasteiger partial charge in [-0.3, -0.25) is 0 Å². The quantitative estimate of drug-likeness (QED) is 0.842. The van der Waals surface area contributed by atoms with Gasteiger partial charge in [0.25, 0.3) is 0 Å². The number of nitrogens with one attached hydrogen (secondary N) is 1. The molecular weight excluding hydrogens is 319 g/mol. The first kappa shape index (κ1) is 15.8. The Bertz CT molecular complexity index is 464. The smallest absolute Gasteiger partial charge is 0.137 e. The molecule has 20 heavy (non-hydrogen) atoms. The molecule has 1 saturated carbocycles. The molecule has 2 rings (SSSR count). The summed E-state index contributed by atoms with van der Waals surface area (Å²) in [6.07, 6.45) is 4.67. The van der Waals surface area contributed by atoms with Crippen LogP contribution in [-0.2, 0) is 0 Å². The average Bonchev–Trinajstić information content (AvgIpc) is 2.43. The number of benzene rings is 1. The van der Waals surface area contributed by atoms with Crippen molar-refractivity contribution in [3.05, 3.63) is 28.5 Å². The highest BCUT2D eigenvalue weighted by atomic mass is 79.9. The Labute approximate surface area is 129 Å². The van der Waals surface area contributed by atoms with E-state index in [1.165, 1.54) is 18.9 Å². The summed E-state index contributed by atoms with van der Waals surface area (Å²) in [5.41, 5.74) is 6.96. The van der Waals surface area contributed by atoms with Gasteiger partial charge in [0.1, 0.15) is 5.82 Å². The van der Waals surface area contributed by atoms with Crippen LogP contribution >= 0.6 is 15.9 Å². The van der Waals surface area contributed by atoms with E-state index < -0.39 is 0 Å². The zero-order valence-corrected chi connectivity index (χ0v) is 13.8. The summed E-state index contributed by atoms with van der Waals surface area (Å²) in [7, 11) is 0. The highest BCUT2D eigenvalue weighted by Gasteiger charge is 2.36. The van der Waals surface area contributed by atoms with E-state index >= 15 is 0 Å². The van der Waals surface area contributed by atoms with Crippen LogP contribution in [0.3, 0.4) is 0 Å². The van der Waals surface area contributed by atoms with Crippen LogP contribution in [-0.4, -0.2) is 12.1 Å². The molecule has 0 heterocycles. The Hall–Kier alpha value is -0.610. The molecule has 0 bridgehead atoms. The Morgan fingerprint density at radius 3 is 2.85 bits per heavy atom. The standard InChI is InChI=1S/C16H24BrFN2/c1-11(2)12-4-3-7-16(9-12,10-19)20-13-5-6-15(18)14(17)8-13/h5-6,8,11-12,20H,3-4,7,9-10,19H2,1-2H3. The molecule has 4 heteroatoms. The van der Waals surface area contributed by atoms with Crippen molar-refractivity contribution in [2.24, 2.45) is 17.6 Å². The molecule has 2 unspecified atom stereocenters. The lowest BCUT2D eigenvalue weighted by Gasteiger charge is -2.43. The Balaban J connectivity index is 2.16. The second-order valence-electron chi connectivity index (χ2n) is 6.34. The number of hydrogen-bond donors (Lipinski definition) is 2. The molecule has 1 aliphatic rings. The van der Waals surface area contributed by atoms with E-state index in [2.05, 4.69) is 35.1 Å². The molecule has 0 aliphatic heterocycles. The molecule has 1 aromatic rings. The molecule has 0 aromatic heterocycles. The summed E-state index contributed by atoms with van der Waals surface area (Å²) in [6, 6.07) is 5.07. The zero-order valence-electron chi connectivity index (χ0n) is 12.3. The molecule has 112 valence electrons. The van der Waals surface area contributed by atoms with Crippen LogP contribution in [0.1, 0.15) is 39.5 Å². The van der Waals surface area contributed by atoms with Gasteiger partial charge < -0.3 is 11.1 Å². The highest BCUT2D eigenvalue weighted by molar-refractivity contribution is 9.10. The number of hydrogen-bond acceptors (Lipinski definition) is 2. The zero-order chi connectivity index (χ0) is 14.8. The van der Waals surface area contributed by atoms with E-state index in [1.54, 1.807) is 12.1 Å². The third kappa shape index (κ3) is 3.53. The third-order valence-corrected chi connectivity index (χ3v) is 5.15. The number of anilines is 1. The van der Waals surface area contributed by atoms with Gasteiger partial charge in [-0.15, -0.1) is 0 Å². The fraction of sp³-hybridized carbons (Fsp3) is 0.625. The maximum atomic E-state index is 13.3. The van der Waals surface area contributed by atoms with E-state index in [0.717, 1.165) is 18.5 Å². The largest absolute Gasteiger partial charge is 0.378 e. The summed E-state index contributed by atoms with van der Waals surface area (Å²) < 4.78 is 13.8. The number of halogens is 2. The minimum absolute atomic E-state index is 0.0511. The number of rotatable bonds is 4. The van der Waals surface area contributed by atoms with E-state index in [0.29, 0.717) is 22.9 Å². The second kappa shape index (κ2) is 6.44. The summed E-state index contributed by atoms with van der Waals surface area (Å²) in [5.74, 6) is 1.16. The van der Waals surface area contributed by atoms with E-state index in [4.69, 9.17) is 5.73 Å². The van der Waals surface area contributed by atoms with Crippen molar-refractivity contribution in [3.63, 3.8) is 0 Å². The monoisotopic (exact) mass is 342 g/mol. The fourth-order valence-corrected chi connectivity index (χ4v) is 3.59. The summed E-state index contributed by atoms with van der Waals surface area (Å²) >= 11 is 3.24. The molecule has 0 saturated heterocycles. The van der Waals surface area contributed by atoms with Gasteiger partial charge in [0.15, 0.2) is 0 Å². The van der Waals surface area contributed by atoms with Crippen LogP contribution in [0.25, 0.3) is 0 Å². The van der Waals surface area contributed by atoms with E-state index in [9.17, 15) is 4.39 Å². The molecule has 2 atom stereocenters. The molecule has 2 nitrogen and oxygen atoms in total. The first-order valence-corrected chi connectivity index (χ1v) is 8.18. The Kier molecular flexibility index (Phi) is 5.08. The lowest BCUT2D eigenvalue weighted by molar-refractivity contribution is 0.203. The van der Waals surface area contributed by atoms with Crippen LogP contribution in [0, 0.1) is 17.7 Å². The van der Waals surface area contributed by atoms with E-state index in [1.807, 2.05) is 0 Å². The van der Waals surface area contributed by atoms with Crippen molar-refractivity contribution in [3.8, 4) is 0 Å². The molecule has 1 aromatic carbocycles.